The second-order valence-corrected chi connectivity index (χ2v) is 3.71. The molecule has 0 aliphatic carbocycles. The van der Waals surface area contributed by atoms with Crippen LogP contribution in [0.5, 0.6) is 5.88 Å². The zero-order valence-electron chi connectivity index (χ0n) is 10.2. The molecule has 0 unspecified atom stereocenters. The maximum Gasteiger partial charge on any atom is 0.211 e. The third-order valence-electron chi connectivity index (χ3n) is 2.49. The van der Waals surface area contributed by atoms with E-state index in [4.69, 9.17) is 4.74 Å². The smallest absolute Gasteiger partial charge is 0.211 e. The van der Waals surface area contributed by atoms with Crippen LogP contribution in [0.1, 0.15) is 11.5 Å². The van der Waals surface area contributed by atoms with Gasteiger partial charge in [0.2, 0.25) is 5.88 Å². The van der Waals surface area contributed by atoms with Gasteiger partial charge in [-0.05, 0) is 0 Å². The molecule has 2 aromatic heterocycles. The molecule has 7 nitrogen and oxygen atoms in total. The van der Waals surface area contributed by atoms with Crippen LogP contribution in [0, 0.1) is 0 Å². The molecule has 17 heavy (non-hydrogen) atoms. The maximum absolute atomic E-state index is 5.14. The van der Waals surface area contributed by atoms with Crippen molar-refractivity contribution < 1.29 is 4.74 Å². The van der Waals surface area contributed by atoms with E-state index in [-0.39, 0.29) is 0 Å². The normalized spacial score (nSPS) is 10.8. The van der Waals surface area contributed by atoms with Crippen LogP contribution >= 0.6 is 0 Å². The van der Waals surface area contributed by atoms with Crippen molar-refractivity contribution >= 4 is 0 Å². The number of rotatable bonds is 5. The Hall–Kier alpha value is -1.89. The van der Waals surface area contributed by atoms with Gasteiger partial charge in [-0.2, -0.15) is 10.2 Å². The molecule has 0 amide bonds. The van der Waals surface area contributed by atoms with Gasteiger partial charge >= 0.3 is 0 Å². The molecule has 2 rings (SSSR count). The molecule has 1 N–H and O–H groups in total. The van der Waals surface area contributed by atoms with E-state index in [0.29, 0.717) is 13.1 Å². The topological polar surface area (TPSA) is 69.8 Å². The summed E-state index contributed by atoms with van der Waals surface area (Å²) < 4.78 is 8.59. The number of hydrogen-bond acceptors (Lipinski definition) is 5. The zero-order valence-corrected chi connectivity index (χ0v) is 10.2. The first-order valence-electron chi connectivity index (χ1n) is 5.31. The van der Waals surface area contributed by atoms with Gasteiger partial charge < -0.3 is 10.1 Å². The van der Waals surface area contributed by atoms with E-state index in [1.165, 1.54) is 0 Å². The van der Waals surface area contributed by atoms with Gasteiger partial charge in [-0.15, -0.1) is 0 Å². The van der Waals surface area contributed by atoms with Gasteiger partial charge in [0.1, 0.15) is 12.2 Å². The number of aryl methyl sites for hydroxylation is 2. The zero-order chi connectivity index (χ0) is 12.3. The van der Waals surface area contributed by atoms with E-state index in [1.54, 1.807) is 22.8 Å². The van der Waals surface area contributed by atoms with Crippen molar-refractivity contribution in [3.05, 3.63) is 23.9 Å². The van der Waals surface area contributed by atoms with Crippen LogP contribution < -0.4 is 10.1 Å². The fourth-order valence-corrected chi connectivity index (χ4v) is 1.57. The van der Waals surface area contributed by atoms with Gasteiger partial charge in [0.25, 0.3) is 0 Å². The summed E-state index contributed by atoms with van der Waals surface area (Å²) in [7, 11) is 5.35. The fourth-order valence-electron chi connectivity index (χ4n) is 1.57. The fraction of sp³-hybridized carbons (Fsp3) is 0.500. The summed E-state index contributed by atoms with van der Waals surface area (Å²) in [5, 5.41) is 11.6. The first kappa shape index (κ1) is 11.6. The molecule has 0 radical (unpaired) electrons. The van der Waals surface area contributed by atoms with Gasteiger partial charge in [-0.25, -0.2) is 9.67 Å². The maximum atomic E-state index is 5.14. The molecule has 0 saturated heterocycles. The van der Waals surface area contributed by atoms with Crippen LogP contribution in [-0.2, 0) is 27.2 Å². The Balaban J connectivity index is 1.88. The summed E-state index contributed by atoms with van der Waals surface area (Å²) in [6, 6.07) is 1.91. The Labute approximate surface area is 99.4 Å². The van der Waals surface area contributed by atoms with E-state index < -0.39 is 0 Å². The molecule has 0 aliphatic heterocycles. The Morgan fingerprint density at radius 1 is 1.29 bits per heavy atom. The van der Waals surface area contributed by atoms with Crippen molar-refractivity contribution in [3.8, 4) is 5.88 Å². The molecular weight excluding hydrogens is 220 g/mol. The molecule has 0 spiro atoms. The monoisotopic (exact) mass is 236 g/mol. The third kappa shape index (κ3) is 2.62. The Bertz CT molecular complexity index is 489. The quantitative estimate of drug-likeness (QED) is 0.781. The van der Waals surface area contributed by atoms with Crippen molar-refractivity contribution in [2.45, 2.75) is 13.1 Å². The SMILES string of the molecule is COc1cc(CNCc2ncnn2C)nn1C. The van der Waals surface area contributed by atoms with Crippen LogP contribution in [-0.4, -0.2) is 31.7 Å². The summed E-state index contributed by atoms with van der Waals surface area (Å²) in [4.78, 5) is 4.12. The van der Waals surface area contributed by atoms with E-state index in [1.807, 2.05) is 20.2 Å². The number of nitrogens with zero attached hydrogens (tertiary/aromatic N) is 5. The summed E-state index contributed by atoms with van der Waals surface area (Å²) in [5.74, 6) is 1.65. The van der Waals surface area contributed by atoms with Gasteiger partial charge in [0.15, 0.2) is 0 Å². The lowest BCUT2D eigenvalue weighted by Crippen LogP contribution is -2.16. The number of nitrogens with one attached hydrogen (secondary N) is 1. The predicted octanol–water partition coefficient (Wildman–Crippen LogP) is -0.153. The largest absolute Gasteiger partial charge is 0.481 e. The molecular formula is C10H16N6O. The molecule has 7 heteroatoms. The molecule has 0 atom stereocenters. The highest BCUT2D eigenvalue weighted by atomic mass is 16.5. The molecule has 0 aromatic carbocycles. The summed E-state index contributed by atoms with van der Waals surface area (Å²) >= 11 is 0. The molecule has 2 aromatic rings. The summed E-state index contributed by atoms with van der Waals surface area (Å²) in [5.41, 5.74) is 0.937. The van der Waals surface area contributed by atoms with Crippen molar-refractivity contribution in [3.63, 3.8) is 0 Å². The van der Waals surface area contributed by atoms with Crippen LogP contribution in [0.3, 0.4) is 0 Å². The summed E-state index contributed by atoms with van der Waals surface area (Å²) in [6.45, 7) is 1.33. The highest BCUT2D eigenvalue weighted by molar-refractivity contribution is 5.15. The van der Waals surface area contributed by atoms with Gasteiger partial charge in [-0.3, -0.25) is 4.68 Å². The average molecular weight is 236 g/mol. The van der Waals surface area contributed by atoms with Crippen LogP contribution in [0.25, 0.3) is 0 Å². The van der Waals surface area contributed by atoms with Crippen LogP contribution in [0.2, 0.25) is 0 Å². The second-order valence-electron chi connectivity index (χ2n) is 3.71. The average Bonchev–Trinajstić information content (AvgIpc) is 2.86. The van der Waals surface area contributed by atoms with Crippen molar-refractivity contribution in [1.29, 1.82) is 0 Å². The Morgan fingerprint density at radius 3 is 2.71 bits per heavy atom. The minimum absolute atomic E-state index is 0.662. The molecule has 0 fully saturated rings. The van der Waals surface area contributed by atoms with Crippen molar-refractivity contribution in [2.75, 3.05) is 7.11 Å². The van der Waals surface area contributed by atoms with Crippen molar-refractivity contribution in [2.24, 2.45) is 14.1 Å². The van der Waals surface area contributed by atoms with Gasteiger partial charge in [-0.1, -0.05) is 0 Å². The first-order chi connectivity index (χ1) is 8.20. The number of hydrogen-bond donors (Lipinski definition) is 1. The van der Waals surface area contributed by atoms with E-state index >= 15 is 0 Å². The minimum atomic E-state index is 0.662. The second kappa shape index (κ2) is 4.96. The lowest BCUT2D eigenvalue weighted by atomic mass is 10.4. The highest BCUT2D eigenvalue weighted by Crippen LogP contribution is 2.10. The summed E-state index contributed by atoms with van der Waals surface area (Å²) in [6.07, 6.45) is 1.54. The Kier molecular flexibility index (Phi) is 3.38. The third-order valence-corrected chi connectivity index (χ3v) is 2.49. The molecule has 2 heterocycles. The molecule has 0 saturated carbocycles. The van der Waals surface area contributed by atoms with Crippen molar-refractivity contribution in [1.82, 2.24) is 29.9 Å². The lowest BCUT2D eigenvalue weighted by Gasteiger charge is -2.01. The lowest BCUT2D eigenvalue weighted by molar-refractivity contribution is 0.373. The van der Waals surface area contributed by atoms with Crippen LogP contribution in [0.4, 0.5) is 0 Å². The minimum Gasteiger partial charge on any atom is -0.481 e. The van der Waals surface area contributed by atoms with E-state index in [0.717, 1.165) is 17.4 Å². The molecule has 0 aliphatic rings. The number of methoxy groups -OCH3 is 1. The number of ether oxygens (including phenoxy) is 1. The molecule has 92 valence electrons. The standard InChI is InChI=1S/C10H16N6O/c1-15-9(12-7-13-15)6-11-5-8-4-10(17-3)16(2)14-8/h4,7,11H,5-6H2,1-3H3. The Morgan fingerprint density at radius 2 is 2.12 bits per heavy atom. The predicted molar refractivity (Wildman–Crippen MR) is 61.3 cm³/mol. The first-order valence-corrected chi connectivity index (χ1v) is 5.31. The van der Waals surface area contributed by atoms with Crippen LogP contribution in [0.15, 0.2) is 12.4 Å². The van der Waals surface area contributed by atoms with E-state index in [2.05, 4.69) is 20.5 Å². The molecule has 0 bridgehead atoms. The highest BCUT2D eigenvalue weighted by Gasteiger charge is 2.05. The van der Waals surface area contributed by atoms with Gasteiger partial charge in [0.05, 0.1) is 19.3 Å². The van der Waals surface area contributed by atoms with Gasteiger partial charge in [0, 0.05) is 26.7 Å². The van der Waals surface area contributed by atoms with E-state index in [9.17, 15) is 0 Å². The number of aromatic nitrogens is 5.